The molecule has 0 bridgehead atoms. The third kappa shape index (κ3) is 6.40. The predicted octanol–water partition coefficient (Wildman–Crippen LogP) is 2.76. The average Bonchev–Trinajstić information content (AvgIpc) is 2.47. The molecule has 2 rings (SSSR count). The number of hydrogen-bond acceptors (Lipinski definition) is 2. The summed E-state index contributed by atoms with van der Waals surface area (Å²) < 4.78 is 0. The Labute approximate surface area is 142 Å². The molecule has 0 saturated carbocycles. The normalized spacial score (nSPS) is 9.61. The van der Waals surface area contributed by atoms with Gasteiger partial charge in [-0.1, -0.05) is 24.3 Å². The fraction of sp³-hybridized carbons (Fsp3) is 0.176. The Bertz CT molecular complexity index is 662. The molecule has 0 aliphatic heterocycles. The van der Waals surface area contributed by atoms with Gasteiger partial charge in [-0.05, 0) is 48.2 Å². The summed E-state index contributed by atoms with van der Waals surface area (Å²) in [4.78, 5) is 15.0. The molecule has 0 fully saturated rings. The summed E-state index contributed by atoms with van der Waals surface area (Å²) in [5.74, 6) is 0.000579. The molecule has 0 saturated heterocycles. The number of aliphatic imine (C=N–C) groups is 1. The zero-order valence-corrected chi connectivity index (χ0v) is 13.8. The van der Waals surface area contributed by atoms with Gasteiger partial charge in [0.25, 0.3) is 0 Å². The molecule has 0 aliphatic rings. The second-order valence-electron chi connectivity index (χ2n) is 5.08. The van der Waals surface area contributed by atoms with Gasteiger partial charge in [0.1, 0.15) is 0 Å². The number of nitrogens with two attached hydrogens (primary N) is 2. The Morgan fingerprint density at radius 3 is 1.87 bits per heavy atom. The van der Waals surface area contributed by atoms with Crippen molar-refractivity contribution in [1.29, 1.82) is 0 Å². The van der Waals surface area contributed by atoms with Crippen LogP contribution < -0.4 is 16.8 Å². The number of nitrogens with zero attached hydrogens (tertiary/aromatic N) is 1. The summed E-state index contributed by atoms with van der Waals surface area (Å²) in [6.07, 6.45) is 1.86. The van der Waals surface area contributed by atoms with Gasteiger partial charge >= 0.3 is 0 Å². The predicted molar refractivity (Wildman–Crippen MR) is 97.3 cm³/mol. The summed E-state index contributed by atoms with van der Waals surface area (Å²) in [5, 5.41) is 2.76. The van der Waals surface area contributed by atoms with Crippen molar-refractivity contribution in [3.8, 4) is 0 Å². The fourth-order valence-corrected chi connectivity index (χ4v) is 2.13. The van der Waals surface area contributed by atoms with Gasteiger partial charge in [0.2, 0.25) is 5.91 Å². The minimum Gasteiger partial charge on any atom is -0.370 e. The zero-order valence-electron chi connectivity index (χ0n) is 13.0. The average molecular weight is 333 g/mol. The Hall–Kier alpha value is -2.53. The Morgan fingerprint density at radius 1 is 0.957 bits per heavy atom. The van der Waals surface area contributed by atoms with Crippen molar-refractivity contribution < 1.29 is 4.79 Å². The van der Waals surface area contributed by atoms with Gasteiger partial charge in [0.05, 0.1) is 5.69 Å². The van der Waals surface area contributed by atoms with Gasteiger partial charge in [-0.15, -0.1) is 12.4 Å². The lowest BCUT2D eigenvalue weighted by molar-refractivity contribution is -0.114. The molecular formula is C17H21ClN4O. The summed E-state index contributed by atoms with van der Waals surface area (Å²) in [6.45, 7) is 1.50. The highest BCUT2D eigenvalue weighted by Crippen LogP contribution is 2.15. The van der Waals surface area contributed by atoms with Crippen molar-refractivity contribution in [1.82, 2.24) is 0 Å². The first-order valence-corrected chi connectivity index (χ1v) is 7.08. The Balaban J connectivity index is 0.00000264. The Morgan fingerprint density at radius 2 is 1.43 bits per heavy atom. The van der Waals surface area contributed by atoms with Crippen LogP contribution in [0.3, 0.4) is 0 Å². The van der Waals surface area contributed by atoms with Crippen LogP contribution >= 0.6 is 12.4 Å². The maximum absolute atomic E-state index is 11.0. The molecule has 5 nitrogen and oxygen atoms in total. The minimum atomic E-state index is -0.0615. The van der Waals surface area contributed by atoms with Gasteiger partial charge in [0.15, 0.2) is 5.96 Å². The second kappa shape index (κ2) is 8.80. The van der Waals surface area contributed by atoms with Crippen molar-refractivity contribution in [3.63, 3.8) is 0 Å². The number of aryl methyl sites for hydroxylation is 2. The first kappa shape index (κ1) is 18.5. The van der Waals surface area contributed by atoms with Gasteiger partial charge in [-0.25, -0.2) is 4.99 Å². The van der Waals surface area contributed by atoms with E-state index in [4.69, 9.17) is 11.5 Å². The van der Waals surface area contributed by atoms with Crippen LogP contribution in [0.15, 0.2) is 53.5 Å². The summed E-state index contributed by atoms with van der Waals surface area (Å²) in [7, 11) is 0. The lowest BCUT2D eigenvalue weighted by Crippen LogP contribution is -2.21. The number of amides is 1. The van der Waals surface area contributed by atoms with E-state index in [9.17, 15) is 4.79 Å². The molecule has 0 aliphatic carbocycles. The third-order valence-corrected chi connectivity index (χ3v) is 3.17. The molecule has 2 aromatic carbocycles. The number of halogens is 1. The highest BCUT2D eigenvalue weighted by molar-refractivity contribution is 5.88. The molecule has 0 radical (unpaired) electrons. The van der Waals surface area contributed by atoms with Crippen LogP contribution in [0.1, 0.15) is 18.1 Å². The SMILES string of the molecule is CC(=O)Nc1ccc(CCc2ccc(N=C(N)N)cc2)cc1.Cl. The first-order chi connectivity index (χ1) is 10.5. The highest BCUT2D eigenvalue weighted by atomic mass is 35.5. The highest BCUT2D eigenvalue weighted by Gasteiger charge is 1.99. The monoisotopic (exact) mass is 332 g/mol. The number of anilines is 1. The van der Waals surface area contributed by atoms with Crippen LogP contribution in [0.2, 0.25) is 0 Å². The van der Waals surface area contributed by atoms with E-state index in [0.717, 1.165) is 24.2 Å². The van der Waals surface area contributed by atoms with Crippen LogP contribution in [-0.4, -0.2) is 11.9 Å². The molecule has 0 spiro atoms. The molecule has 0 unspecified atom stereocenters. The molecule has 122 valence electrons. The molecule has 0 atom stereocenters. The molecule has 23 heavy (non-hydrogen) atoms. The molecule has 2 aromatic rings. The van der Waals surface area contributed by atoms with Crippen molar-refractivity contribution in [2.75, 3.05) is 5.32 Å². The van der Waals surface area contributed by atoms with Crippen LogP contribution in [0, 0.1) is 0 Å². The molecule has 0 aromatic heterocycles. The summed E-state index contributed by atoms with van der Waals surface area (Å²) in [6, 6.07) is 15.7. The quantitative estimate of drug-likeness (QED) is 0.580. The van der Waals surface area contributed by atoms with Crippen molar-refractivity contribution in [3.05, 3.63) is 59.7 Å². The summed E-state index contributed by atoms with van der Waals surface area (Å²) in [5.41, 5.74) is 14.7. The van der Waals surface area contributed by atoms with E-state index in [1.807, 2.05) is 48.5 Å². The van der Waals surface area contributed by atoms with Gasteiger partial charge in [0, 0.05) is 12.6 Å². The largest absolute Gasteiger partial charge is 0.370 e. The van der Waals surface area contributed by atoms with E-state index >= 15 is 0 Å². The molecule has 5 N–H and O–H groups in total. The zero-order chi connectivity index (χ0) is 15.9. The van der Waals surface area contributed by atoms with Crippen molar-refractivity contribution in [2.45, 2.75) is 19.8 Å². The number of hydrogen-bond donors (Lipinski definition) is 3. The topological polar surface area (TPSA) is 93.5 Å². The minimum absolute atomic E-state index is 0. The van der Waals surface area contributed by atoms with Gasteiger partial charge in [-0.2, -0.15) is 0 Å². The fourth-order valence-electron chi connectivity index (χ4n) is 2.13. The number of benzene rings is 2. The van der Waals surface area contributed by atoms with Gasteiger partial charge in [-0.3, -0.25) is 4.79 Å². The lowest BCUT2D eigenvalue weighted by Gasteiger charge is -2.05. The smallest absolute Gasteiger partial charge is 0.221 e. The van der Waals surface area contributed by atoms with Gasteiger partial charge < -0.3 is 16.8 Å². The van der Waals surface area contributed by atoms with Crippen LogP contribution in [0.4, 0.5) is 11.4 Å². The number of carbonyl (C=O) groups excluding carboxylic acids is 1. The standard InChI is InChI=1S/C17H20N4O.ClH/c1-12(22)20-15-8-4-13(5-9-15)2-3-14-6-10-16(11-7-14)21-17(18)19;/h4-11H,2-3H2,1H3,(H,20,22)(H4,18,19,21);1H. The van der Waals surface area contributed by atoms with Crippen LogP contribution in [0.5, 0.6) is 0 Å². The van der Waals surface area contributed by atoms with E-state index < -0.39 is 0 Å². The van der Waals surface area contributed by atoms with Crippen LogP contribution in [0.25, 0.3) is 0 Å². The third-order valence-electron chi connectivity index (χ3n) is 3.17. The van der Waals surface area contributed by atoms with E-state index in [1.54, 1.807) is 0 Å². The maximum atomic E-state index is 11.0. The van der Waals surface area contributed by atoms with E-state index in [0.29, 0.717) is 0 Å². The number of carbonyl (C=O) groups is 1. The second-order valence-corrected chi connectivity index (χ2v) is 5.08. The molecule has 1 amide bonds. The number of guanidine groups is 1. The summed E-state index contributed by atoms with van der Waals surface area (Å²) >= 11 is 0. The van der Waals surface area contributed by atoms with Crippen molar-refractivity contribution in [2.24, 2.45) is 16.5 Å². The first-order valence-electron chi connectivity index (χ1n) is 7.08. The van der Waals surface area contributed by atoms with E-state index in [-0.39, 0.29) is 24.3 Å². The molecule has 0 heterocycles. The van der Waals surface area contributed by atoms with E-state index in [2.05, 4.69) is 10.3 Å². The van der Waals surface area contributed by atoms with E-state index in [1.165, 1.54) is 18.1 Å². The molecular weight excluding hydrogens is 312 g/mol. The lowest BCUT2D eigenvalue weighted by atomic mass is 10.0. The Kier molecular flexibility index (Phi) is 7.09. The number of nitrogens with one attached hydrogen (secondary N) is 1. The maximum Gasteiger partial charge on any atom is 0.221 e. The van der Waals surface area contributed by atoms with Crippen molar-refractivity contribution >= 4 is 35.6 Å². The molecule has 6 heteroatoms. The number of rotatable bonds is 5. The van der Waals surface area contributed by atoms with Crippen LogP contribution in [-0.2, 0) is 17.6 Å².